The average Bonchev–Trinajstić information content (AvgIpc) is 3.68. The van der Waals surface area contributed by atoms with Crippen LogP contribution in [0, 0.1) is 0 Å². The maximum atomic E-state index is 12.5. The van der Waals surface area contributed by atoms with E-state index >= 15 is 0 Å². The zero-order valence-electron chi connectivity index (χ0n) is 29.2. The van der Waals surface area contributed by atoms with Gasteiger partial charge >= 0.3 is 0 Å². The molecular weight excluding hydrogens is 628 g/mol. The van der Waals surface area contributed by atoms with Crippen molar-refractivity contribution in [2.24, 2.45) is 0 Å². The Kier molecular flexibility index (Phi) is 14.4. The molecule has 268 valence electrons. The fraction of sp³-hybridized carbons (Fsp3) is 0.463. The highest BCUT2D eigenvalue weighted by Gasteiger charge is 2.34. The molecule has 2 amide bonds. The zero-order valence-corrected chi connectivity index (χ0v) is 29.2. The molecule has 5 N–H and O–H groups in total. The van der Waals surface area contributed by atoms with Crippen molar-refractivity contribution in [2.45, 2.75) is 108 Å². The van der Waals surface area contributed by atoms with E-state index in [9.17, 15) is 14.7 Å². The minimum Gasteiger partial charge on any atom is -0.397 e. The predicted octanol–water partition coefficient (Wildman–Crippen LogP) is 7.33. The van der Waals surface area contributed by atoms with Gasteiger partial charge in [-0.2, -0.15) is 0 Å². The summed E-state index contributed by atoms with van der Waals surface area (Å²) in [6, 6.07) is 23.9. The van der Waals surface area contributed by atoms with Crippen molar-refractivity contribution < 1.29 is 24.2 Å². The summed E-state index contributed by atoms with van der Waals surface area (Å²) >= 11 is 0. The van der Waals surface area contributed by atoms with Gasteiger partial charge in [-0.05, 0) is 54.5 Å². The molecule has 3 atom stereocenters. The molecule has 5 rings (SSSR count). The standard InChI is InChI=1S/C41H54N4O5/c1-2-25-45(34-11-7-8-12-34)28-35-26-38(32-21-19-31(29-46)20-22-32)50-41(49-35)33-23-17-30(18-24-33)27-43-39(47)15-5-3-4-6-16-40(48)44-37-14-10-9-13-36(37)42/h2,9-10,13-14,17-24,34-35,38,41,46H,1,3-8,11-12,15-16,25-29,42H2,(H,43,47)(H,44,48). The molecule has 1 heterocycles. The van der Waals surface area contributed by atoms with Gasteiger partial charge in [-0.15, -0.1) is 6.58 Å². The van der Waals surface area contributed by atoms with Crippen molar-refractivity contribution in [2.75, 3.05) is 24.1 Å². The van der Waals surface area contributed by atoms with E-state index in [-0.39, 0.29) is 30.6 Å². The summed E-state index contributed by atoms with van der Waals surface area (Å²) < 4.78 is 13.2. The van der Waals surface area contributed by atoms with Gasteiger partial charge in [0.05, 0.1) is 30.2 Å². The minimum absolute atomic E-state index is 0.0124. The SMILES string of the molecule is C=CCN(CC1CC(c2ccc(CO)cc2)OC(c2ccc(CNC(=O)CCCCCCC(=O)Nc3ccccc3N)cc2)O1)C1CCCC1. The number of nitrogens with zero attached hydrogens (tertiary/aromatic N) is 1. The number of carbonyl (C=O) groups excluding carboxylic acids is 2. The number of aliphatic hydroxyl groups excluding tert-OH is 1. The van der Waals surface area contributed by atoms with Crippen LogP contribution in [-0.4, -0.2) is 47.1 Å². The average molecular weight is 683 g/mol. The highest BCUT2D eigenvalue weighted by molar-refractivity contribution is 5.93. The number of anilines is 2. The maximum absolute atomic E-state index is 12.5. The van der Waals surface area contributed by atoms with Crippen molar-refractivity contribution in [3.05, 3.63) is 108 Å². The molecule has 2 aliphatic rings. The highest BCUT2D eigenvalue weighted by Crippen LogP contribution is 2.39. The van der Waals surface area contributed by atoms with Gasteiger partial charge in [0.2, 0.25) is 11.8 Å². The van der Waals surface area contributed by atoms with Gasteiger partial charge in [-0.3, -0.25) is 14.5 Å². The van der Waals surface area contributed by atoms with Gasteiger partial charge in [0.1, 0.15) is 0 Å². The van der Waals surface area contributed by atoms with Crippen LogP contribution in [0.5, 0.6) is 0 Å². The first-order chi connectivity index (χ1) is 24.4. The summed E-state index contributed by atoms with van der Waals surface area (Å²) in [4.78, 5) is 27.2. The molecule has 0 aromatic heterocycles. The Hall–Kier alpha value is -4.02. The number of carbonyl (C=O) groups is 2. The van der Waals surface area contributed by atoms with E-state index in [0.717, 1.165) is 67.4 Å². The molecule has 9 nitrogen and oxygen atoms in total. The highest BCUT2D eigenvalue weighted by atomic mass is 16.7. The van der Waals surface area contributed by atoms with E-state index in [1.807, 2.05) is 66.7 Å². The quantitative estimate of drug-likeness (QED) is 0.0629. The lowest BCUT2D eigenvalue weighted by atomic mass is 9.99. The van der Waals surface area contributed by atoms with Gasteiger partial charge in [-0.1, -0.05) is 92.4 Å². The second-order valence-corrected chi connectivity index (χ2v) is 13.6. The van der Waals surface area contributed by atoms with Crippen molar-refractivity contribution in [1.29, 1.82) is 0 Å². The number of nitrogen functional groups attached to an aromatic ring is 1. The summed E-state index contributed by atoms with van der Waals surface area (Å²) in [6.07, 6.45) is 11.3. The Morgan fingerprint density at radius 2 is 1.52 bits per heavy atom. The molecule has 1 saturated carbocycles. The normalized spacial score (nSPS) is 19.4. The second-order valence-electron chi connectivity index (χ2n) is 13.6. The smallest absolute Gasteiger partial charge is 0.224 e. The largest absolute Gasteiger partial charge is 0.397 e. The lowest BCUT2D eigenvalue weighted by Gasteiger charge is -2.39. The lowest BCUT2D eigenvalue weighted by Crippen LogP contribution is -2.43. The fourth-order valence-corrected chi connectivity index (χ4v) is 6.93. The number of amides is 2. The Bertz CT molecular complexity index is 1510. The number of hydrogen-bond donors (Lipinski definition) is 4. The molecule has 50 heavy (non-hydrogen) atoms. The van der Waals surface area contributed by atoms with E-state index in [0.29, 0.717) is 36.8 Å². The van der Waals surface area contributed by atoms with Crippen LogP contribution >= 0.6 is 0 Å². The third-order valence-electron chi connectivity index (χ3n) is 9.79. The number of para-hydroxylation sites is 2. The van der Waals surface area contributed by atoms with Crippen molar-refractivity contribution in [3.8, 4) is 0 Å². The second kappa shape index (κ2) is 19.4. The van der Waals surface area contributed by atoms with Crippen LogP contribution in [0.15, 0.2) is 85.5 Å². The first kappa shape index (κ1) is 37.2. The predicted molar refractivity (Wildman–Crippen MR) is 198 cm³/mol. The number of unbranched alkanes of at least 4 members (excludes halogenated alkanes) is 3. The molecule has 0 radical (unpaired) electrons. The summed E-state index contributed by atoms with van der Waals surface area (Å²) in [6.45, 7) is 6.15. The Morgan fingerprint density at radius 1 is 0.860 bits per heavy atom. The molecular formula is C41H54N4O5. The molecule has 3 aromatic rings. The number of aliphatic hydroxyl groups is 1. The Morgan fingerprint density at radius 3 is 2.20 bits per heavy atom. The number of hydrogen-bond acceptors (Lipinski definition) is 7. The third kappa shape index (κ3) is 11.3. The van der Waals surface area contributed by atoms with E-state index < -0.39 is 6.29 Å². The summed E-state index contributed by atoms with van der Waals surface area (Å²) in [5.41, 5.74) is 11.0. The first-order valence-corrected chi connectivity index (χ1v) is 18.3. The molecule has 0 spiro atoms. The van der Waals surface area contributed by atoms with Crippen LogP contribution in [0.1, 0.15) is 105 Å². The van der Waals surface area contributed by atoms with Crippen molar-refractivity contribution in [3.63, 3.8) is 0 Å². The molecule has 1 saturated heterocycles. The summed E-state index contributed by atoms with van der Waals surface area (Å²) in [7, 11) is 0. The third-order valence-corrected chi connectivity index (χ3v) is 9.79. The van der Waals surface area contributed by atoms with Crippen LogP contribution in [0.3, 0.4) is 0 Å². The molecule has 9 heteroatoms. The minimum atomic E-state index is -0.517. The number of nitrogens with one attached hydrogen (secondary N) is 2. The Balaban J connectivity index is 1.08. The van der Waals surface area contributed by atoms with Gasteiger partial charge in [-0.25, -0.2) is 0 Å². The summed E-state index contributed by atoms with van der Waals surface area (Å²) in [5.74, 6) is -0.0227. The molecule has 3 unspecified atom stereocenters. The number of benzene rings is 3. The fourth-order valence-electron chi connectivity index (χ4n) is 6.93. The van der Waals surface area contributed by atoms with E-state index in [1.165, 1.54) is 25.7 Å². The monoisotopic (exact) mass is 682 g/mol. The molecule has 3 aromatic carbocycles. The van der Waals surface area contributed by atoms with Crippen LogP contribution in [0.2, 0.25) is 0 Å². The van der Waals surface area contributed by atoms with Gasteiger partial charge in [0, 0.05) is 50.5 Å². The van der Waals surface area contributed by atoms with Crippen LogP contribution in [0.4, 0.5) is 11.4 Å². The number of nitrogens with two attached hydrogens (primary N) is 1. The molecule has 0 bridgehead atoms. The lowest BCUT2D eigenvalue weighted by molar-refractivity contribution is -0.253. The molecule has 1 aliphatic carbocycles. The van der Waals surface area contributed by atoms with Gasteiger partial charge in [0.25, 0.3) is 0 Å². The molecule has 1 aliphatic heterocycles. The van der Waals surface area contributed by atoms with Crippen LogP contribution in [-0.2, 0) is 32.2 Å². The molecule has 2 fully saturated rings. The number of rotatable bonds is 18. The van der Waals surface area contributed by atoms with E-state index in [2.05, 4.69) is 22.1 Å². The Labute approximate surface area is 297 Å². The van der Waals surface area contributed by atoms with Crippen LogP contribution < -0.4 is 16.4 Å². The first-order valence-electron chi connectivity index (χ1n) is 18.3. The zero-order chi connectivity index (χ0) is 35.1. The topological polar surface area (TPSA) is 126 Å². The number of ether oxygens (including phenoxy) is 2. The van der Waals surface area contributed by atoms with Crippen molar-refractivity contribution in [1.82, 2.24) is 10.2 Å². The van der Waals surface area contributed by atoms with Crippen LogP contribution in [0.25, 0.3) is 0 Å². The van der Waals surface area contributed by atoms with E-state index in [1.54, 1.807) is 12.1 Å². The van der Waals surface area contributed by atoms with Gasteiger partial charge in [0.15, 0.2) is 6.29 Å². The summed E-state index contributed by atoms with van der Waals surface area (Å²) in [5, 5.41) is 15.4. The maximum Gasteiger partial charge on any atom is 0.224 e. The van der Waals surface area contributed by atoms with E-state index in [4.69, 9.17) is 15.2 Å². The van der Waals surface area contributed by atoms with Gasteiger partial charge < -0.3 is 30.9 Å². The van der Waals surface area contributed by atoms with Crippen molar-refractivity contribution >= 4 is 23.2 Å².